The van der Waals surface area contributed by atoms with E-state index in [2.05, 4.69) is 45.3 Å². The number of nitrogens with one attached hydrogen (secondary N) is 2. The van der Waals surface area contributed by atoms with Gasteiger partial charge in [0.15, 0.2) is 0 Å². The first kappa shape index (κ1) is 46.9. The Labute approximate surface area is 385 Å². The Bertz CT molecular complexity index is 1740. The fourth-order valence-corrected chi connectivity index (χ4v) is 18.8. The number of fused-ring (bicyclic) bond motifs is 2. The number of carbonyl (C=O) groups excluding carboxylic acids is 4. The molecule has 0 spiro atoms. The predicted molar refractivity (Wildman–Crippen MR) is 245 cm³/mol. The number of carbonyl (C=O) groups is 4. The standard InChI is InChI=1S/C54H86N2O8/c1-32-12-17-48(62)64-27-26-63-47(61)11-6-8-33-13-14-39-49-41(20-24-51(33,39)2)52(3)22-18-36(28-34(52)30-43(49)57)55-45(59)9-7-10-46(60)56-37-19-23-53(4)35(29-37)31-44(58)50-40-16-15-38(32)54(40,5)25-21-42(50)53/h32-44,49-50,57-58H,6-31H2,1-5H3,(H,55,59)(H,56,60)/t32-,33+,34?,35?,36-,37-,38-,39+,40+,41+,42+,43+,44+,49+,50+,51-,52+,53+,54-/m1/s1. The molecule has 12 aliphatic rings. The summed E-state index contributed by atoms with van der Waals surface area (Å²) in [5.74, 6) is 4.43. The number of esters is 2. The minimum atomic E-state index is -0.327. The van der Waals surface area contributed by atoms with E-state index in [0.29, 0.717) is 97.2 Å². The summed E-state index contributed by atoms with van der Waals surface area (Å²) in [6.07, 6.45) is 20.7. The van der Waals surface area contributed by atoms with Gasteiger partial charge in [0.2, 0.25) is 11.8 Å². The SMILES string of the molecule is C[C@@H]1CCC(=O)OCCOC(=O)CCC[C@H]2CC[C@H]3[C@@H]4[C@@H](O)CC5C[C@@H](CC[C@]5(C)[C@H]4CC[C@]23C)NC(=O)CCCC(=O)N[C@@H]2CC[C@@]3(C)C(C2)C[C@H](O)[C@H]2[C@@H]4CC[C@H]1[C@@]4(C)CC[C@@H]23. The van der Waals surface area contributed by atoms with Crippen LogP contribution in [0.25, 0.3) is 0 Å². The van der Waals surface area contributed by atoms with E-state index in [1.165, 1.54) is 6.42 Å². The van der Waals surface area contributed by atoms with E-state index >= 15 is 0 Å². The van der Waals surface area contributed by atoms with Crippen LogP contribution in [-0.4, -0.2) is 71.5 Å². The summed E-state index contributed by atoms with van der Waals surface area (Å²) in [6, 6.07) is 0.237. The van der Waals surface area contributed by atoms with Gasteiger partial charge in [0.05, 0.1) is 12.2 Å². The van der Waals surface area contributed by atoms with Crippen LogP contribution in [0.15, 0.2) is 0 Å². The zero-order valence-corrected chi connectivity index (χ0v) is 40.4. The molecule has 0 aromatic heterocycles. The van der Waals surface area contributed by atoms with Gasteiger partial charge < -0.3 is 30.3 Å². The molecule has 10 heteroatoms. The molecule has 64 heavy (non-hydrogen) atoms. The molecule has 4 saturated heterocycles. The molecular weight excluding hydrogens is 805 g/mol. The van der Waals surface area contributed by atoms with Gasteiger partial charge in [-0.1, -0.05) is 34.6 Å². The molecule has 4 N–H and O–H groups in total. The van der Waals surface area contributed by atoms with Gasteiger partial charge >= 0.3 is 11.9 Å². The number of hydrogen-bond donors (Lipinski definition) is 4. The Kier molecular flexibility index (Phi) is 13.5. The van der Waals surface area contributed by atoms with Crippen LogP contribution in [0.1, 0.15) is 189 Å². The van der Waals surface area contributed by atoms with Crippen molar-refractivity contribution in [3.63, 3.8) is 0 Å². The van der Waals surface area contributed by atoms with Crippen molar-refractivity contribution in [3.8, 4) is 0 Å². The molecule has 0 aromatic rings. The number of hydrogen-bond acceptors (Lipinski definition) is 8. The fraction of sp³-hybridized carbons (Fsp3) is 0.926. The molecule has 10 nitrogen and oxygen atoms in total. The zero-order chi connectivity index (χ0) is 45.2. The average Bonchev–Trinajstić information content (AvgIpc) is 3.78. The molecule has 0 aromatic carbocycles. The van der Waals surface area contributed by atoms with Crippen molar-refractivity contribution in [2.75, 3.05) is 13.2 Å². The Morgan fingerprint density at radius 2 is 0.922 bits per heavy atom. The maximum absolute atomic E-state index is 13.3. The lowest BCUT2D eigenvalue weighted by Crippen LogP contribution is -2.59. The Morgan fingerprint density at radius 3 is 1.50 bits per heavy atom. The third-order valence-corrected chi connectivity index (χ3v) is 22.2. The summed E-state index contributed by atoms with van der Waals surface area (Å²) in [4.78, 5) is 52.4. The summed E-state index contributed by atoms with van der Waals surface area (Å²) in [6.45, 7) is 12.4. The summed E-state index contributed by atoms with van der Waals surface area (Å²) in [5.41, 5.74) is 0.650. The second kappa shape index (κ2) is 18.4. The van der Waals surface area contributed by atoms with Crippen LogP contribution in [0.2, 0.25) is 0 Å². The molecule has 2 amide bonds. The topological polar surface area (TPSA) is 151 Å². The third-order valence-electron chi connectivity index (χ3n) is 22.2. The van der Waals surface area contributed by atoms with Crippen molar-refractivity contribution < 1.29 is 38.9 Å². The van der Waals surface area contributed by atoms with Crippen molar-refractivity contribution in [1.29, 1.82) is 0 Å². The summed E-state index contributed by atoms with van der Waals surface area (Å²) in [7, 11) is 0. The van der Waals surface area contributed by atoms with Gasteiger partial charge in [0, 0.05) is 37.8 Å². The molecule has 8 aliphatic carbocycles. The first-order valence-electron chi connectivity index (χ1n) is 26.8. The molecule has 2 unspecified atom stereocenters. The van der Waals surface area contributed by atoms with Crippen molar-refractivity contribution >= 4 is 23.8 Å². The molecule has 12 rings (SSSR count). The number of aliphatic hydroxyl groups excluding tert-OH is 2. The maximum atomic E-state index is 13.3. The van der Waals surface area contributed by atoms with Gasteiger partial charge in [-0.25, -0.2) is 0 Å². The number of amides is 2. The van der Waals surface area contributed by atoms with Crippen molar-refractivity contribution in [2.45, 2.75) is 213 Å². The molecule has 13 bridgehead atoms. The highest BCUT2D eigenvalue weighted by Crippen LogP contribution is 2.70. The third kappa shape index (κ3) is 8.52. The minimum Gasteiger partial charge on any atom is -0.462 e. The number of ether oxygens (including phenoxy) is 2. The molecule has 0 radical (unpaired) electrons. The van der Waals surface area contributed by atoms with Crippen LogP contribution in [0.4, 0.5) is 0 Å². The van der Waals surface area contributed by atoms with Gasteiger partial charge in [-0.05, 0) is 215 Å². The van der Waals surface area contributed by atoms with E-state index in [0.717, 1.165) is 116 Å². The molecule has 8 saturated carbocycles. The highest BCUT2D eigenvalue weighted by molar-refractivity contribution is 5.79. The first-order valence-corrected chi connectivity index (χ1v) is 26.8. The van der Waals surface area contributed by atoms with E-state index < -0.39 is 0 Å². The van der Waals surface area contributed by atoms with Gasteiger partial charge in [0.1, 0.15) is 13.2 Å². The molecule has 12 fully saturated rings. The molecule has 19 atom stereocenters. The van der Waals surface area contributed by atoms with Crippen LogP contribution < -0.4 is 10.6 Å². The second-order valence-electron chi connectivity index (χ2n) is 24.9. The largest absolute Gasteiger partial charge is 0.462 e. The predicted octanol–water partition coefficient (Wildman–Crippen LogP) is 9.07. The van der Waals surface area contributed by atoms with Gasteiger partial charge in [-0.3, -0.25) is 19.2 Å². The van der Waals surface area contributed by atoms with E-state index in [-0.39, 0.29) is 82.9 Å². The lowest BCUT2D eigenvalue weighted by atomic mass is 9.43. The number of rotatable bonds is 0. The van der Waals surface area contributed by atoms with Gasteiger partial charge in [-0.15, -0.1) is 0 Å². The van der Waals surface area contributed by atoms with Crippen LogP contribution in [0, 0.1) is 86.8 Å². The number of aliphatic hydroxyl groups is 2. The van der Waals surface area contributed by atoms with Crippen LogP contribution in [-0.2, 0) is 28.7 Å². The van der Waals surface area contributed by atoms with E-state index in [9.17, 15) is 29.4 Å². The highest BCUT2D eigenvalue weighted by atomic mass is 16.6. The lowest BCUT2D eigenvalue weighted by molar-refractivity contribution is -0.167. The average molecular weight is 891 g/mol. The summed E-state index contributed by atoms with van der Waals surface area (Å²) < 4.78 is 11.1. The quantitative estimate of drug-likeness (QED) is 0.176. The highest BCUT2D eigenvalue weighted by Gasteiger charge is 2.64. The van der Waals surface area contributed by atoms with Gasteiger partial charge in [0.25, 0.3) is 0 Å². The first-order chi connectivity index (χ1) is 30.5. The van der Waals surface area contributed by atoms with Crippen LogP contribution in [0.5, 0.6) is 0 Å². The van der Waals surface area contributed by atoms with E-state index in [1.807, 2.05) is 0 Å². The fourth-order valence-electron chi connectivity index (χ4n) is 18.8. The van der Waals surface area contributed by atoms with Crippen LogP contribution in [0.3, 0.4) is 0 Å². The summed E-state index contributed by atoms with van der Waals surface area (Å²) in [5, 5.41) is 30.7. The summed E-state index contributed by atoms with van der Waals surface area (Å²) >= 11 is 0. The lowest BCUT2D eigenvalue weighted by Gasteiger charge is -2.62. The second-order valence-corrected chi connectivity index (χ2v) is 24.9. The normalized spacial score (nSPS) is 50.8. The van der Waals surface area contributed by atoms with Gasteiger partial charge in [-0.2, -0.15) is 0 Å². The molecule has 4 aliphatic heterocycles. The van der Waals surface area contributed by atoms with Crippen molar-refractivity contribution in [1.82, 2.24) is 10.6 Å². The molecule has 360 valence electrons. The minimum absolute atomic E-state index is 0.0441. The Balaban J connectivity index is 0.849. The van der Waals surface area contributed by atoms with E-state index in [1.54, 1.807) is 0 Å². The zero-order valence-electron chi connectivity index (χ0n) is 40.4. The van der Waals surface area contributed by atoms with Crippen molar-refractivity contribution in [2.24, 2.45) is 86.8 Å². The van der Waals surface area contributed by atoms with Crippen molar-refractivity contribution in [3.05, 3.63) is 0 Å². The monoisotopic (exact) mass is 891 g/mol. The Hall–Kier alpha value is -2.20. The molecular formula is C54H86N2O8. The van der Waals surface area contributed by atoms with Crippen LogP contribution >= 0.6 is 0 Å². The Morgan fingerprint density at radius 1 is 0.469 bits per heavy atom. The molecule has 4 heterocycles. The smallest absolute Gasteiger partial charge is 0.305 e. The van der Waals surface area contributed by atoms with E-state index in [4.69, 9.17) is 9.47 Å². The maximum Gasteiger partial charge on any atom is 0.305 e.